The standard InChI is InChI=1S/C27H33ClF2N8O3/c1-14(2)41-27(40)37-9-3-4-17(13-37)33-25-32-12-21-24(36-25)38(18-7-5-15(6-8-18)23(31)39)26(34-21)35-22-19(28)10-16(29)11-20(22)30/h10-12,14-15,17-18H,3-9,13H2,1-2H3,(H2,31,39)(H,34,35)(H,32,33,36)/t15-,17-,18+/m1/s1. The average molecular weight is 591 g/mol. The van der Waals surface area contributed by atoms with E-state index in [1.165, 1.54) is 0 Å². The van der Waals surface area contributed by atoms with Gasteiger partial charge in [-0.1, -0.05) is 11.6 Å². The highest BCUT2D eigenvalue weighted by Gasteiger charge is 2.30. The number of rotatable bonds is 7. The highest BCUT2D eigenvalue weighted by atomic mass is 35.5. The molecule has 220 valence electrons. The van der Waals surface area contributed by atoms with Crippen molar-refractivity contribution in [1.82, 2.24) is 24.4 Å². The monoisotopic (exact) mass is 590 g/mol. The molecule has 1 aliphatic carbocycles. The van der Waals surface area contributed by atoms with Crippen molar-refractivity contribution in [2.24, 2.45) is 11.7 Å². The van der Waals surface area contributed by atoms with E-state index in [0.29, 0.717) is 55.9 Å². The molecule has 0 bridgehead atoms. The van der Waals surface area contributed by atoms with E-state index in [4.69, 9.17) is 27.1 Å². The van der Waals surface area contributed by atoms with Crippen molar-refractivity contribution in [2.45, 2.75) is 70.6 Å². The number of carbonyl (C=O) groups is 2. The summed E-state index contributed by atoms with van der Waals surface area (Å²) >= 11 is 6.17. The molecular formula is C27H33ClF2N8O3. The third-order valence-electron chi connectivity index (χ3n) is 7.49. The van der Waals surface area contributed by atoms with Gasteiger partial charge in [-0.3, -0.25) is 9.36 Å². The highest BCUT2D eigenvalue weighted by molar-refractivity contribution is 6.33. The Morgan fingerprint density at radius 2 is 1.90 bits per heavy atom. The lowest BCUT2D eigenvalue weighted by atomic mass is 9.85. The molecule has 1 aromatic carbocycles. The molecule has 2 fully saturated rings. The number of hydrogen-bond donors (Lipinski definition) is 3. The SMILES string of the molecule is CC(C)OC(=O)N1CCC[C@@H](Nc2ncc3nc(Nc4c(F)cc(F)cc4Cl)n([C@H]4CC[C@@H](C(N)=O)CC4)c3n2)C1. The summed E-state index contributed by atoms with van der Waals surface area (Å²) in [4.78, 5) is 39.7. The number of halogens is 3. The maximum absolute atomic E-state index is 14.7. The molecular weight excluding hydrogens is 558 g/mol. The second-order valence-electron chi connectivity index (χ2n) is 10.8. The van der Waals surface area contributed by atoms with Crippen LogP contribution in [0.15, 0.2) is 18.3 Å². The number of benzene rings is 1. The molecule has 3 heterocycles. The summed E-state index contributed by atoms with van der Waals surface area (Å²) in [5, 5.41) is 6.13. The molecule has 3 aromatic rings. The number of nitrogens with two attached hydrogens (primary N) is 1. The summed E-state index contributed by atoms with van der Waals surface area (Å²) in [6, 6.07) is 1.54. The lowest BCUT2D eigenvalue weighted by Gasteiger charge is -2.33. The molecule has 41 heavy (non-hydrogen) atoms. The van der Waals surface area contributed by atoms with Gasteiger partial charge in [-0.05, 0) is 58.4 Å². The molecule has 1 saturated carbocycles. The molecule has 14 heteroatoms. The molecule has 0 unspecified atom stereocenters. The third kappa shape index (κ3) is 6.45. The van der Waals surface area contributed by atoms with Crippen molar-refractivity contribution < 1.29 is 23.1 Å². The zero-order valence-corrected chi connectivity index (χ0v) is 23.6. The normalized spacial score (nSPS) is 21.2. The summed E-state index contributed by atoms with van der Waals surface area (Å²) in [5.41, 5.74) is 6.38. The van der Waals surface area contributed by atoms with E-state index in [1.807, 2.05) is 18.4 Å². The van der Waals surface area contributed by atoms with Crippen LogP contribution in [0.5, 0.6) is 0 Å². The van der Waals surface area contributed by atoms with Gasteiger partial charge >= 0.3 is 6.09 Å². The van der Waals surface area contributed by atoms with Crippen molar-refractivity contribution in [2.75, 3.05) is 23.7 Å². The fraction of sp³-hybridized carbons (Fsp3) is 0.519. The Kier molecular flexibility index (Phi) is 8.43. The van der Waals surface area contributed by atoms with Crippen molar-refractivity contribution >= 4 is 52.3 Å². The third-order valence-corrected chi connectivity index (χ3v) is 7.79. The van der Waals surface area contributed by atoms with Gasteiger partial charge in [-0.15, -0.1) is 0 Å². The van der Waals surface area contributed by atoms with E-state index in [0.717, 1.165) is 25.0 Å². The first-order chi connectivity index (χ1) is 19.6. The molecule has 4 N–H and O–H groups in total. The number of piperidine rings is 1. The van der Waals surface area contributed by atoms with E-state index in [2.05, 4.69) is 20.6 Å². The number of nitrogens with zero attached hydrogens (tertiary/aromatic N) is 5. The predicted molar refractivity (Wildman–Crippen MR) is 150 cm³/mol. The van der Waals surface area contributed by atoms with Crippen LogP contribution in [0.1, 0.15) is 58.4 Å². The first kappa shape index (κ1) is 28.8. The Bertz CT molecular complexity index is 1420. The van der Waals surface area contributed by atoms with Crippen LogP contribution in [0.3, 0.4) is 0 Å². The number of anilines is 3. The smallest absolute Gasteiger partial charge is 0.410 e. The van der Waals surface area contributed by atoms with Crippen molar-refractivity contribution in [3.63, 3.8) is 0 Å². The van der Waals surface area contributed by atoms with E-state index < -0.39 is 11.6 Å². The Balaban J connectivity index is 1.45. The van der Waals surface area contributed by atoms with E-state index >= 15 is 0 Å². The minimum atomic E-state index is -0.864. The van der Waals surface area contributed by atoms with Gasteiger partial charge in [0.25, 0.3) is 0 Å². The second kappa shape index (κ2) is 12.0. The fourth-order valence-corrected chi connectivity index (χ4v) is 5.75. The summed E-state index contributed by atoms with van der Waals surface area (Å²) in [7, 11) is 0. The van der Waals surface area contributed by atoms with Crippen molar-refractivity contribution in [3.8, 4) is 0 Å². The molecule has 2 amide bonds. The largest absolute Gasteiger partial charge is 0.447 e. The molecule has 0 radical (unpaired) electrons. The molecule has 1 aliphatic heterocycles. The van der Waals surface area contributed by atoms with Gasteiger partial charge in [-0.2, -0.15) is 4.98 Å². The number of hydrogen-bond acceptors (Lipinski definition) is 8. The van der Waals surface area contributed by atoms with Crippen molar-refractivity contribution in [1.29, 1.82) is 0 Å². The Morgan fingerprint density at radius 3 is 2.59 bits per heavy atom. The molecule has 2 aliphatic rings. The number of carbonyl (C=O) groups excluding carboxylic acids is 2. The average Bonchev–Trinajstić information content (AvgIpc) is 3.27. The topological polar surface area (TPSA) is 140 Å². The minimum absolute atomic E-state index is 0.0898. The van der Waals surface area contributed by atoms with E-state index in [9.17, 15) is 18.4 Å². The lowest BCUT2D eigenvalue weighted by Crippen LogP contribution is -2.46. The van der Waals surface area contributed by atoms with Crippen molar-refractivity contribution in [3.05, 3.63) is 35.0 Å². The number of fused-ring (bicyclic) bond motifs is 1. The summed E-state index contributed by atoms with van der Waals surface area (Å²) in [5.74, 6) is -1.59. The van der Waals surface area contributed by atoms with E-state index in [-0.39, 0.29) is 52.8 Å². The Labute approximate surface area is 240 Å². The first-order valence-corrected chi connectivity index (χ1v) is 14.1. The van der Waals surface area contributed by atoms with Crippen LogP contribution in [0.2, 0.25) is 5.02 Å². The van der Waals surface area contributed by atoms with Crippen LogP contribution in [0, 0.1) is 17.6 Å². The Hall–Kier alpha value is -3.74. The van der Waals surface area contributed by atoms with Crippen LogP contribution in [-0.2, 0) is 9.53 Å². The molecule has 2 aromatic heterocycles. The zero-order valence-electron chi connectivity index (χ0n) is 22.9. The summed E-state index contributed by atoms with van der Waals surface area (Å²) in [6.07, 6.45) is 5.04. The van der Waals surface area contributed by atoms with Gasteiger partial charge in [0.2, 0.25) is 17.8 Å². The number of imidazole rings is 1. The Morgan fingerprint density at radius 1 is 1.15 bits per heavy atom. The van der Waals surface area contributed by atoms with Crippen LogP contribution >= 0.6 is 11.6 Å². The lowest BCUT2D eigenvalue weighted by molar-refractivity contribution is -0.122. The van der Waals surface area contributed by atoms with Crippen LogP contribution in [0.25, 0.3) is 11.2 Å². The predicted octanol–water partition coefficient (Wildman–Crippen LogP) is 5.14. The molecule has 11 nitrogen and oxygen atoms in total. The van der Waals surface area contributed by atoms with Gasteiger partial charge in [0.05, 0.1) is 23.0 Å². The van der Waals surface area contributed by atoms with Crippen LogP contribution in [0.4, 0.5) is 31.2 Å². The fourth-order valence-electron chi connectivity index (χ4n) is 5.51. The molecule has 5 rings (SSSR count). The number of ether oxygens (including phenoxy) is 1. The number of likely N-dealkylation sites (tertiary alicyclic amines) is 1. The minimum Gasteiger partial charge on any atom is -0.447 e. The second-order valence-corrected chi connectivity index (χ2v) is 11.3. The quantitative estimate of drug-likeness (QED) is 0.344. The zero-order chi connectivity index (χ0) is 29.3. The van der Waals surface area contributed by atoms with Crippen LogP contribution < -0.4 is 16.4 Å². The summed E-state index contributed by atoms with van der Waals surface area (Å²) < 4.78 is 35.6. The maximum atomic E-state index is 14.7. The van der Waals surface area contributed by atoms with Gasteiger partial charge in [0.1, 0.15) is 11.3 Å². The molecule has 1 atom stereocenters. The number of amides is 2. The number of primary amides is 1. The van der Waals surface area contributed by atoms with Gasteiger partial charge in [-0.25, -0.2) is 23.5 Å². The summed E-state index contributed by atoms with van der Waals surface area (Å²) in [6.45, 7) is 4.68. The van der Waals surface area contributed by atoms with E-state index in [1.54, 1.807) is 11.1 Å². The molecule has 0 spiro atoms. The first-order valence-electron chi connectivity index (χ1n) is 13.8. The molecule has 1 saturated heterocycles. The van der Waals surface area contributed by atoms with Gasteiger partial charge in [0, 0.05) is 37.2 Å². The number of aromatic nitrogens is 4. The van der Waals surface area contributed by atoms with Gasteiger partial charge in [0.15, 0.2) is 11.5 Å². The maximum Gasteiger partial charge on any atom is 0.410 e. The van der Waals surface area contributed by atoms with Crippen LogP contribution in [-0.4, -0.2) is 61.7 Å². The van der Waals surface area contributed by atoms with Gasteiger partial charge < -0.3 is 26.0 Å². The number of nitrogens with one attached hydrogen (secondary N) is 2. The highest BCUT2D eigenvalue weighted by Crippen LogP contribution is 2.38.